The number of nitrogens with zero attached hydrogens (tertiary/aromatic N) is 5. The predicted octanol–water partition coefficient (Wildman–Crippen LogP) is 3.37. The van der Waals surface area contributed by atoms with Crippen LogP contribution >= 0.6 is 0 Å². The number of Topliss-reactive ketones (excluding diaryl/α,β-unsaturated/α-hetero) is 1. The van der Waals surface area contributed by atoms with Gasteiger partial charge in [-0.05, 0) is 46.2 Å². The van der Waals surface area contributed by atoms with Gasteiger partial charge in [0.2, 0.25) is 11.3 Å². The molecule has 2 saturated heterocycles. The van der Waals surface area contributed by atoms with Crippen LogP contribution in [0.4, 0.5) is 25.0 Å². The number of benzene rings is 1. The van der Waals surface area contributed by atoms with Crippen molar-refractivity contribution in [1.29, 1.82) is 0 Å². The Morgan fingerprint density at radius 1 is 1.02 bits per heavy atom. The van der Waals surface area contributed by atoms with E-state index in [1.54, 1.807) is 46.3 Å². The molecule has 2 amide bonds. The maximum Gasteiger partial charge on any atom is 0.408 e. The summed E-state index contributed by atoms with van der Waals surface area (Å²) in [4.78, 5) is 78.8. The smallest absolute Gasteiger partial charge is 0.408 e. The average Bonchev–Trinajstić information content (AvgIpc) is 3.83. The number of aromatic amines is 1. The predicted molar refractivity (Wildman–Crippen MR) is 204 cm³/mol. The lowest BCUT2D eigenvalue weighted by molar-refractivity contribution is -0.123. The van der Waals surface area contributed by atoms with Crippen molar-refractivity contribution >= 4 is 68.1 Å². The Labute approximate surface area is 318 Å². The Kier molecular flexibility index (Phi) is 9.86. The number of likely N-dealkylation sites (N-methyl/N-ethyl adjacent to an activating group) is 1. The van der Waals surface area contributed by atoms with E-state index in [0.29, 0.717) is 35.8 Å². The van der Waals surface area contributed by atoms with Crippen molar-refractivity contribution in [2.24, 2.45) is 13.0 Å². The van der Waals surface area contributed by atoms with E-state index in [0.717, 1.165) is 19.0 Å². The number of carbonyl (C=O) groups is 4. The second-order valence-corrected chi connectivity index (χ2v) is 15.3. The lowest BCUT2D eigenvalue weighted by Crippen LogP contribution is -2.41. The van der Waals surface area contributed by atoms with Gasteiger partial charge in [0.25, 0.3) is 0 Å². The summed E-state index contributed by atoms with van der Waals surface area (Å²) < 4.78 is 38.3. The molecule has 2 aliphatic rings. The number of halogens is 2. The van der Waals surface area contributed by atoms with Crippen LogP contribution in [0.5, 0.6) is 0 Å². The molecule has 16 nitrogen and oxygen atoms in total. The molecule has 0 aliphatic carbocycles. The minimum Gasteiger partial charge on any atom is -0.477 e. The van der Waals surface area contributed by atoms with Gasteiger partial charge in [0.1, 0.15) is 29.0 Å². The van der Waals surface area contributed by atoms with E-state index in [1.165, 1.54) is 10.8 Å². The Morgan fingerprint density at radius 3 is 2.52 bits per heavy atom. The molecule has 0 spiro atoms. The molecule has 2 aliphatic heterocycles. The summed E-state index contributed by atoms with van der Waals surface area (Å²) in [7, 11) is 3.61. The van der Waals surface area contributed by atoms with Crippen LogP contribution in [-0.2, 0) is 21.4 Å². The quantitative estimate of drug-likeness (QED) is 0.139. The zero-order valence-electron chi connectivity index (χ0n) is 31.4. The van der Waals surface area contributed by atoms with Gasteiger partial charge in [-0.25, -0.2) is 28.3 Å². The molecular weight excluding hydrogens is 732 g/mol. The van der Waals surface area contributed by atoms with Crippen molar-refractivity contribution in [3.05, 3.63) is 58.1 Å². The van der Waals surface area contributed by atoms with Gasteiger partial charge in [0, 0.05) is 68.5 Å². The molecule has 5 aromatic rings. The Hall–Kier alpha value is -6.17. The number of carboxylic acids is 1. The van der Waals surface area contributed by atoms with Crippen LogP contribution in [0.3, 0.4) is 0 Å². The summed E-state index contributed by atoms with van der Waals surface area (Å²) in [5, 5.41) is 17.5. The minimum atomic E-state index is -1.38. The Morgan fingerprint density at radius 2 is 1.79 bits per heavy atom. The zero-order valence-corrected chi connectivity index (χ0v) is 31.4. The summed E-state index contributed by atoms with van der Waals surface area (Å²) in [5.74, 6) is -4.51. The average molecular weight is 774 g/mol. The number of aromatic carboxylic acids is 1. The number of rotatable bonds is 10. The monoisotopic (exact) mass is 773 g/mol. The summed E-state index contributed by atoms with van der Waals surface area (Å²) in [6, 6.07) is 2.51. The number of nitrogens with one attached hydrogen (secondary N) is 4. The number of alkyl carbamates (subject to hydrolysis) is 1. The van der Waals surface area contributed by atoms with Crippen molar-refractivity contribution in [1.82, 2.24) is 35.1 Å². The standard InChI is InChI=1S/C38H41F2N9O7/c1-38(2,3)56-37(55)45-14-27(51)42-12-20(50)11-41-25-9-24(39)30(40)28-29-32(49-7-6-18-15-47(4)17-26(18)49)22(13-43-34(29)46-31(25)28)19-8-21-33(52)23(36(53)54)16-48(5)35(21)44-10-19/h8-10,13,16,18,26,41H,6-7,11-12,14-15,17H2,1-5H3,(H,42,51)(H,43,46)(H,45,55)(H,53,54)/t18-,26+/m1/s1. The summed E-state index contributed by atoms with van der Waals surface area (Å²) in [6.07, 6.45) is 4.38. The fourth-order valence-electron chi connectivity index (χ4n) is 7.69. The lowest BCUT2D eigenvalue weighted by atomic mass is 9.99. The highest BCUT2D eigenvalue weighted by Gasteiger charge is 2.42. The highest BCUT2D eigenvalue weighted by Crippen LogP contribution is 2.47. The first-order chi connectivity index (χ1) is 26.5. The molecular formula is C38H41F2N9O7. The van der Waals surface area contributed by atoms with Gasteiger partial charge >= 0.3 is 12.1 Å². The molecule has 56 heavy (non-hydrogen) atoms. The number of carbonyl (C=O) groups excluding carboxylic acids is 3. The molecule has 1 aromatic carbocycles. The molecule has 7 rings (SSSR count). The number of likely N-dealkylation sites (tertiary alicyclic amines) is 1. The fraction of sp³-hybridized carbons (Fsp3) is 0.395. The highest BCUT2D eigenvalue weighted by atomic mass is 19.2. The van der Waals surface area contributed by atoms with Crippen LogP contribution in [0.2, 0.25) is 0 Å². The van der Waals surface area contributed by atoms with Gasteiger partial charge in [-0.3, -0.25) is 14.4 Å². The van der Waals surface area contributed by atoms with Gasteiger partial charge in [0.05, 0.1) is 46.1 Å². The number of ketones is 1. The van der Waals surface area contributed by atoms with E-state index in [2.05, 4.69) is 40.7 Å². The number of ether oxygens (including phenoxy) is 1. The first-order valence-corrected chi connectivity index (χ1v) is 18.0. The van der Waals surface area contributed by atoms with E-state index in [4.69, 9.17) is 4.74 Å². The topological polar surface area (TPSA) is 204 Å². The molecule has 0 radical (unpaired) electrons. The van der Waals surface area contributed by atoms with Gasteiger partial charge in [-0.15, -0.1) is 0 Å². The minimum absolute atomic E-state index is 0.0237. The van der Waals surface area contributed by atoms with Crippen LogP contribution in [0.15, 0.2) is 35.5 Å². The summed E-state index contributed by atoms with van der Waals surface area (Å²) in [5.41, 5.74) is 0.304. The third kappa shape index (κ3) is 7.18. The second kappa shape index (κ2) is 14.5. The molecule has 0 saturated carbocycles. The molecule has 2 fully saturated rings. The number of H-pyrrole nitrogens is 1. The van der Waals surface area contributed by atoms with Gasteiger partial charge in [-0.2, -0.15) is 0 Å². The number of hydrogen-bond donors (Lipinski definition) is 5. The fourth-order valence-corrected chi connectivity index (χ4v) is 7.69. The molecule has 0 unspecified atom stereocenters. The first-order valence-electron chi connectivity index (χ1n) is 18.0. The van der Waals surface area contributed by atoms with E-state index in [1.807, 2.05) is 7.05 Å². The number of aromatic nitrogens is 4. The van der Waals surface area contributed by atoms with Crippen molar-refractivity contribution < 1.29 is 37.8 Å². The summed E-state index contributed by atoms with van der Waals surface area (Å²) in [6.45, 7) is 6.01. The van der Waals surface area contributed by atoms with Crippen LogP contribution in [0.1, 0.15) is 37.6 Å². The third-order valence-corrected chi connectivity index (χ3v) is 10.1. The van der Waals surface area contributed by atoms with Crippen molar-refractivity contribution in [2.45, 2.75) is 38.8 Å². The molecule has 6 heterocycles. The maximum absolute atomic E-state index is 16.2. The number of pyridine rings is 3. The number of carboxylic acid groups (broad SMARTS) is 1. The van der Waals surface area contributed by atoms with Gasteiger partial charge in [-0.1, -0.05) is 0 Å². The number of amides is 2. The van der Waals surface area contributed by atoms with Gasteiger partial charge < -0.3 is 45.1 Å². The van der Waals surface area contributed by atoms with E-state index in [9.17, 15) is 29.1 Å². The van der Waals surface area contributed by atoms with E-state index < -0.39 is 65.1 Å². The van der Waals surface area contributed by atoms with Crippen molar-refractivity contribution in [2.75, 3.05) is 56.5 Å². The Bertz CT molecular complexity index is 2510. The number of aryl methyl sites for hydroxylation is 1. The van der Waals surface area contributed by atoms with E-state index in [-0.39, 0.29) is 51.2 Å². The number of hydrogen-bond acceptors (Lipinski definition) is 11. The third-order valence-electron chi connectivity index (χ3n) is 10.1. The highest BCUT2D eigenvalue weighted by molar-refractivity contribution is 6.18. The molecule has 18 heteroatoms. The van der Waals surface area contributed by atoms with Gasteiger partial charge in [0.15, 0.2) is 17.4 Å². The van der Waals surface area contributed by atoms with Crippen molar-refractivity contribution in [3.63, 3.8) is 0 Å². The molecule has 4 aromatic heterocycles. The maximum atomic E-state index is 16.2. The molecule has 0 bridgehead atoms. The number of anilines is 2. The summed E-state index contributed by atoms with van der Waals surface area (Å²) >= 11 is 0. The zero-order chi connectivity index (χ0) is 40.2. The molecule has 5 N–H and O–H groups in total. The van der Waals surface area contributed by atoms with Crippen LogP contribution < -0.4 is 26.3 Å². The number of fused-ring (bicyclic) bond motifs is 5. The molecule has 294 valence electrons. The SMILES string of the molecule is CN1C[C@H]2CCN(c3c(-c4cnc5c(c4)c(=O)c(C(=O)O)cn5C)cnc4[nH]c5c(NCC(=O)CNC(=O)CNC(=O)OC(C)(C)C)cc(F)c(F)c5c34)[C@H]2C1. The Balaban J connectivity index is 1.26. The largest absolute Gasteiger partial charge is 0.477 e. The van der Waals surface area contributed by atoms with Crippen LogP contribution in [0, 0.1) is 17.6 Å². The van der Waals surface area contributed by atoms with E-state index >= 15 is 8.78 Å². The van der Waals surface area contributed by atoms with Crippen LogP contribution in [-0.4, -0.2) is 111 Å². The molecule has 2 atom stereocenters. The van der Waals surface area contributed by atoms with Crippen molar-refractivity contribution in [3.8, 4) is 11.1 Å². The lowest BCUT2D eigenvalue weighted by Gasteiger charge is -2.29. The van der Waals surface area contributed by atoms with Crippen LogP contribution in [0.25, 0.3) is 44.1 Å². The first kappa shape index (κ1) is 38.1. The second-order valence-electron chi connectivity index (χ2n) is 15.3. The normalized spacial score (nSPS) is 17.1.